The van der Waals surface area contributed by atoms with Crippen molar-refractivity contribution in [1.29, 1.82) is 0 Å². The van der Waals surface area contributed by atoms with Crippen LogP contribution in [0.5, 0.6) is 5.75 Å². The summed E-state index contributed by atoms with van der Waals surface area (Å²) in [4.78, 5) is 9.76. The number of benzene rings is 1. The molecule has 1 N–H and O–H groups in total. The van der Waals surface area contributed by atoms with Crippen LogP contribution in [0.1, 0.15) is 5.69 Å². The molecule has 0 saturated carbocycles. The van der Waals surface area contributed by atoms with Gasteiger partial charge in [-0.3, -0.25) is 9.38 Å². The number of hydrogen-bond acceptors (Lipinski definition) is 5. The Labute approximate surface area is 131 Å². The average molecular weight is 310 g/mol. The number of fused-ring (bicyclic) bond motifs is 3. The Morgan fingerprint density at radius 3 is 3.09 bits per heavy atom. The minimum atomic E-state index is 0.678. The van der Waals surface area contributed by atoms with Crippen molar-refractivity contribution in [3.8, 4) is 5.75 Å². The van der Waals surface area contributed by atoms with Gasteiger partial charge in [0.2, 0.25) is 0 Å². The quantitative estimate of drug-likeness (QED) is 0.626. The van der Waals surface area contributed by atoms with Crippen LogP contribution < -0.4 is 10.1 Å². The largest absolute Gasteiger partial charge is 0.497 e. The summed E-state index contributed by atoms with van der Waals surface area (Å²) < 4.78 is 8.57. The molecule has 0 aliphatic rings. The molecule has 6 heteroatoms. The van der Waals surface area contributed by atoms with Gasteiger partial charge in [-0.2, -0.15) is 0 Å². The lowest BCUT2D eigenvalue weighted by Gasteiger charge is -2.02. The maximum Gasteiger partial charge on any atom is 0.195 e. The van der Waals surface area contributed by atoms with Crippen LogP contribution in [0.3, 0.4) is 0 Å². The van der Waals surface area contributed by atoms with Crippen molar-refractivity contribution in [3.63, 3.8) is 0 Å². The Bertz CT molecular complexity index is 929. The van der Waals surface area contributed by atoms with E-state index < -0.39 is 0 Å². The van der Waals surface area contributed by atoms with Crippen molar-refractivity contribution < 1.29 is 4.74 Å². The second-order valence-corrected chi connectivity index (χ2v) is 5.92. The van der Waals surface area contributed by atoms with Gasteiger partial charge < -0.3 is 10.1 Å². The number of ether oxygens (including phenoxy) is 1. The molecule has 0 aliphatic carbocycles. The highest BCUT2D eigenvalue weighted by atomic mass is 32.1. The summed E-state index contributed by atoms with van der Waals surface area (Å²) in [5.74, 6) is 0.871. The lowest BCUT2D eigenvalue weighted by molar-refractivity contribution is 0.415. The van der Waals surface area contributed by atoms with Gasteiger partial charge in [-0.25, -0.2) is 4.98 Å². The number of anilines is 1. The molecule has 0 amide bonds. The van der Waals surface area contributed by atoms with E-state index in [4.69, 9.17) is 4.74 Å². The Hall–Kier alpha value is -2.60. The maximum absolute atomic E-state index is 5.27. The highest BCUT2D eigenvalue weighted by Crippen LogP contribution is 2.29. The standard InChI is InChI=1S/C16H14N4OS/c1-21-13-4-5-14-15(7-13)22-16-19-12(10-20(14)16)9-18-11-3-2-6-17-8-11/h2-8,10,18H,9H2,1H3. The fourth-order valence-corrected chi connectivity index (χ4v) is 3.46. The first-order chi connectivity index (χ1) is 10.8. The van der Waals surface area contributed by atoms with Gasteiger partial charge in [0.1, 0.15) is 5.75 Å². The minimum Gasteiger partial charge on any atom is -0.497 e. The van der Waals surface area contributed by atoms with E-state index in [1.54, 1.807) is 30.8 Å². The van der Waals surface area contributed by atoms with Crippen LogP contribution in [-0.2, 0) is 6.54 Å². The van der Waals surface area contributed by atoms with Gasteiger partial charge in [-0.15, -0.1) is 0 Å². The summed E-state index contributed by atoms with van der Waals surface area (Å²) in [6.45, 7) is 0.678. The molecular formula is C16H14N4OS. The lowest BCUT2D eigenvalue weighted by Crippen LogP contribution is -1.99. The molecule has 4 aromatic rings. The van der Waals surface area contributed by atoms with Crippen LogP contribution in [0.15, 0.2) is 48.9 Å². The summed E-state index contributed by atoms with van der Waals surface area (Å²) in [5, 5.41) is 3.32. The average Bonchev–Trinajstić information content (AvgIpc) is 3.10. The predicted octanol–water partition coefficient (Wildman–Crippen LogP) is 3.56. The third-order valence-corrected chi connectivity index (χ3v) is 4.50. The summed E-state index contributed by atoms with van der Waals surface area (Å²) in [7, 11) is 1.68. The number of thiazole rings is 1. The molecule has 0 spiro atoms. The van der Waals surface area contributed by atoms with Crippen LogP contribution in [0.25, 0.3) is 15.2 Å². The van der Waals surface area contributed by atoms with Crippen molar-refractivity contribution in [2.24, 2.45) is 0 Å². The summed E-state index contributed by atoms with van der Waals surface area (Å²) in [6.07, 6.45) is 5.64. The van der Waals surface area contributed by atoms with Crippen LogP contribution in [0.2, 0.25) is 0 Å². The van der Waals surface area contributed by atoms with Gasteiger partial charge >= 0.3 is 0 Å². The molecule has 3 heterocycles. The maximum atomic E-state index is 5.27. The van der Waals surface area contributed by atoms with Crippen molar-refractivity contribution >= 4 is 32.2 Å². The summed E-state index contributed by atoms with van der Waals surface area (Å²) >= 11 is 1.67. The van der Waals surface area contributed by atoms with E-state index in [0.717, 1.165) is 27.6 Å². The molecule has 0 atom stereocenters. The molecule has 0 saturated heterocycles. The smallest absolute Gasteiger partial charge is 0.195 e. The summed E-state index contributed by atoms with van der Waals surface area (Å²) in [6, 6.07) is 9.99. The second kappa shape index (κ2) is 5.31. The molecule has 1 aromatic carbocycles. The first kappa shape index (κ1) is 13.1. The normalized spacial score (nSPS) is 11.1. The highest BCUT2D eigenvalue weighted by molar-refractivity contribution is 7.23. The van der Waals surface area contributed by atoms with Crippen molar-refractivity contribution in [2.75, 3.05) is 12.4 Å². The van der Waals surface area contributed by atoms with E-state index in [1.807, 2.05) is 24.3 Å². The molecule has 0 bridgehead atoms. The molecule has 0 fully saturated rings. The van der Waals surface area contributed by atoms with Gasteiger partial charge in [-0.1, -0.05) is 11.3 Å². The molecule has 5 nitrogen and oxygen atoms in total. The predicted molar refractivity (Wildman–Crippen MR) is 88.7 cm³/mol. The van der Waals surface area contributed by atoms with Gasteiger partial charge in [0.05, 0.1) is 35.3 Å². The number of aromatic nitrogens is 3. The van der Waals surface area contributed by atoms with E-state index >= 15 is 0 Å². The van der Waals surface area contributed by atoms with Gasteiger partial charge in [0, 0.05) is 18.6 Å². The monoisotopic (exact) mass is 310 g/mol. The van der Waals surface area contributed by atoms with E-state index in [0.29, 0.717) is 6.54 Å². The molecule has 3 aromatic heterocycles. The van der Waals surface area contributed by atoms with Crippen LogP contribution in [0, 0.1) is 0 Å². The Balaban J connectivity index is 1.63. The fourth-order valence-electron chi connectivity index (χ4n) is 2.40. The molecule has 110 valence electrons. The Morgan fingerprint density at radius 2 is 2.27 bits per heavy atom. The number of imidazole rings is 1. The molecule has 0 radical (unpaired) electrons. The third-order valence-electron chi connectivity index (χ3n) is 3.49. The minimum absolute atomic E-state index is 0.678. The van der Waals surface area contributed by atoms with Crippen LogP contribution in [0.4, 0.5) is 5.69 Å². The van der Waals surface area contributed by atoms with Crippen molar-refractivity contribution in [2.45, 2.75) is 6.54 Å². The van der Waals surface area contributed by atoms with Gasteiger partial charge in [-0.05, 0) is 30.3 Å². The van der Waals surface area contributed by atoms with Crippen LogP contribution in [-0.4, -0.2) is 21.5 Å². The zero-order valence-corrected chi connectivity index (χ0v) is 12.8. The number of methoxy groups -OCH3 is 1. The first-order valence-corrected chi connectivity index (χ1v) is 7.73. The molecule has 4 rings (SSSR count). The van der Waals surface area contributed by atoms with E-state index in [9.17, 15) is 0 Å². The Morgan fingerprint density at radius 1 is 1.32 bits per heavy atom. The first-order valence-electron chi connectivity index (χ1n) is 6.92. The zero-order valence-electron chi connectivity index (χ0n) is 12.0. The number of nitrogens with one attached hydrogen (secondary N) is 1. The van der Waals surface area contributed by atoms with Crippen molar-refractivity contribution in [1.82, 2.24) is 14.4 Å². The number of rotatable bonds is 4. The van der Waals surface area contributed by atoms with Gasteiger partial charge in [0.25, 0.3) is 0 Å². The molecular weight excluding hydrogens is 296 g/mol. The highest BCUT2D eigenvalue weighted by Gasteiger charge is 2.09. The number of pyridine rings is 1. The molecule has 0 unspecified atom stereocenters. The zero-order chi connectivity index (χ0) is 14.9. The number of hydrogen-bond donors (Lipinski definition) is 1. The van der Waals surface area contributed by atoms with E-state index in [1.165, 1.54) is 4.70 Å². The SMILES string of the molecule is COc1ccc2c(c1)sc1nc(CNc3cccnc3)cn12. The number of nitrogens with zero attached hydrogens (tertiary/aromatic N) is 3. The topological polar surface area (TPSA) is 51.5 Å². The third kappa shape index (κ3) is 2.27. The Kier molecular flexibility index (Phi) is 3.16. The molecule has 0 aliphatic heterocycles. The fraction of sp³-hybridized carbons (Fsp3) is 0.125. The van der Waals surface area contributed by atoms with E-state index in [2.05, 4.69) is 31.9 Å². The van der Waals surface area contributed by atoms with Crippen LogP contribution >= 0.6 is 11.3 Å². The second-order valence-electron chi connectivity index (χ2n) is 4.92. The van der Waals surface area contributed by atoms with Gasteiger partial charge in [0.15, 0.2) is 4.96 Å². The lowest BCUT2D eigenvalue weighted by atomic mass is 10.3. The van der Waals surface area contributed by atoms with E-state index in [-0.39, 0.29) is 0 Å². The molecule has 22 heavy (non-hydrogen) atoms. The summed E-state index contributed by atoms with van der Waals surface area (Å²) in [5.41, 5.74) is 3.15. The van der Waals surface area contributed by atoms with Crippen molar-refractivity contribution in [3.05, 3.63) is 54.6 Å².